The van der Waals surface area contributed by atoms with E-state index in [4.69, 9.17) is 14.5 Å². The molecule has 5 rings (SSSR count). The molecule has 1 fully saturated rings. The van der Waals surface area contributed by atoms with Gasteiger partial charge in [-0.15, -0.1) is 5.92 Å². The van der Waals surface area contributed by atoms with Gasteiger partial charge < -0.3 is 19.7 Å². The predicted octanol–water partition coefficient (Wildman–Crippen LogP) is 3.48. The highest BCUT2D eigenvalue weighted by molar-refractivity contribution is 5.80. The van der Waals surface area contributed by atoms with Crippen molar-refractivity contribution in [3.63, 3.8) is 0 Å². The number of rotatable bonds is 6. The number of nitrogens with zero attached hydrogens (tertiary/aromatic N) is 7. The Bertz CT molecular complexity index is 1760. The first-order valence-corrected chi connectivity index (χ1v) is 14.0. The number of hydrogen-bond donors (Lipinski definition) is 1. The van der Waals surface area contributed by atoms with E-state index >= 15 is 0 Å². The molecule has 0 spiro atoms. The standard InChI is InChI=1S/C30H36N8O4/c1-7-8-16-38-24-25(34-27(38)37-15-11-12-20(17-37)32-29(40)42-30(3,4)5)36(6)28(35-26(24)39)41-18-23-31-19(2)21-13-9-10-14-22(21)33-23/h9-10,13-14,20H,11-12,15-18H2,1-6H3,(H,32,40)/t20-/m1/s1. The van der Waals surface area contributed by atoms with Crippen LogP contribution in [0.1, 0.15) is 52.1 Å². The summed E-state index contributed by atoms with van der Waals surface area (Å²) >= 11 is 0. The Hall–Kier alpha value is -4.66. The second-order valence-electron chi connectivity index (χ2n) is 11.3. The third-order valence-electron chi connectivity index (χ3n) is 6.94. The maximum Gasteiger partial charge on any atom is 0.407 e. The number of carbonyl (C=O) groups is 1. The minimum Gasteiger partial charge on any atom is -0.456 e. The van der Waals surface area contributed by atoms with Gasteiger partial charge in [-0.2, -0.15) is 9.97 Å². The normalized spacial score (nSPS) is 15.4. The number of carbonyl (C=O) groups excluding carboxylic acids is 1. The molecule has 4 aromatic rings. The zero-order chi connectivity index (χ0) is 30.0. The van der Waals surface area contributed by atoms with E-state index in [2.05, 4.69) is 37.0 Å². The fourth-order valence-electron chi connectivity index (χ4n) is 5.10. The molecule has 0 bridgehead atoms. The summed E-state index contributed by atoms with van der Waals surface area (Å²) in [6.45, 7) is 10.7. The highest BCUT2D eigenvalue weighted by Crippen LogP contribution is 2.25. The highest BCUT2D eigenvalue weighted by Gasteiger charge is 2.29. The van der Waals surface area contributed by atoms with Crippen LogP contribution in [-0.2, 0) is 24.9 Å². The van der Waals surface area contributed by atoms with Crippen LogP contribution in [0.4, 0.5) is 10.7 Å². The van der Waals surface area contributed by atoms with Crippen molar-refractivity contribution < 1.29 is 14.3 Å². The quantitative estimate of drug-likeness (QED) is 0.345. The van der Waals surface area contributed by atoms with Gasteiger partial charge in [0.05, 0.1) is 12.1 Å². The van der Waals surface area contributed by atoms with Gasteiger partial charge in [0.15, 0.2) is 23.6 Å². The Morgan fingerprint density at radius 1 is 1.17 bits per heavy atom. The summed E-state index contributed by atoms with van der Waals surface area (Å²) in [6.07, 6.45) is 1.18. The number of para-hydroxylation sites is 1. The molecule has 1 aromatic carbocycles. The molecule has 1 aliphatic heterocycles. The van der Waals surface area contributed by atoms with E-state index in [0.29, 0.717) is 36.0 Å². The molecule has 12 heteroatoms. The molecule has 1 N–H and O–H groups in total. The summed E-state index contributed by atoms with van der Waals surface area (Å²) in [4.78, 5) is 46.1. The molecule has 0 radical (unpaired) electrons. The van der Waals surface area contributed by atoms with Crippen molar-refractivity contribution in [1.29, 1.82) is 0 Å². The summed E-state index contributed by atoms with van der Waals surface area (Å²) in [6, 6.07) is 7.75. The van der Waals surface area contributed by atoms with Crippen LogP contribution in [0.3, 0.4) is 0 Å². The number of imidazole rings is 1. The lowest BCUT2D eigenvalue weighted by Crippen LogP contribution is -2.49. The van der Waals surface area contributed by atoms with E-state index in [-0.39, 0.29) is 25.2 Å². The van der Waals surface area contributed by atoms with Gasteiger partial charge in [-0.3, -0.25) is 13.9 Å². The number of piperidine rings is 1. The van der Waals surface area contributed by atoms with Gasteiger partial charge >= 0.3 is 17.7 Å². The molecule has 0 saturated carbocycles. The van der Waals surface area contributed by atoms with Crippen LogP contribution in [0.2, 0.25) is 0 Å². The number of ether oxygens (including phenoxy) is 2. The van der Waals surface area contributed by atoms with E-state index in [1.165, 1.54) is 0 Å². The van der Waals surface area contributed by atoms with Crippen molar-refractivity contribution >= 4 is 34.1 Å². The molecule has 0 unspecified atom stereocenters. The monoisotopic (exact) mass is 572 g/mol. The molecular formula is C30H36N8O4. The maximum atomic E-state index is 13.4. The maximum absolute atomic E-state index is 13.4. The van der Waals surface area contributed by atoms with Gasteiger partial charge in [-0.25, -0.2) is 14.8 Å². The van der Waals surface area contributed by atoms with Crippen molar-refractivity contribution in [2.45, 2.75) is 72.3 Å². The molecule has 1 aliphatic rings. The second-order valence-corrected chi connectivity index (χ2v) is 11.3. The number of alkyl carbamates (subject to hydrolysis) is 1. The van der Waals surface area contributed by atoms with E-state index < -0.39 is 17.3 Å². The lowest BCUT2D eigenvalue weighted by atomic mass is 10.1. The van der Waals surface area contributed by atoms with Crippen LogP contribution in [0.15, 0.2) is 29.1 Å². The first kappa shape index (κ1) is 28.9. The zero-order valence-electron chi connectivity index (χ0n) is 24.9. The molecule has 1 amide bonds. The number of fused-ring (bicyclic) bond motifs is 2. The van der Waals surface area contributed by atoms with Gasteiger partial charge in [-0.1, -0.05) is 24.1 Å². The first-order valence-electron chi connectivity index (χ1n) is 14.0. The average Bonchev–Trinajstić information content (AvgIpc) is 3.32. The molecule has 0 aliphatic carbocycles. The SMILES string of the molecule is CC#CCn1c(N2CCC[C@@H](NC(=O)OC(C)(C)C)C2)nc2c1c(=O)nc(OCc1nc(C)c3ccccc3n1)n2C. The van der Waals surface area contributed by atoms with Crippen LogP contribution in [-0.4, -0.2) is 59.9 Å². The van der Waals surface area contributed by atoms with Gasteiger partial charge in [-0.05, 0) is 53.5 Å². The van der Waals surface area contributed by atoms with Crippen LogP contribution < -0.4 is 20.5 Å². The van der Waals surface area contributed by atoms with E-state index in [1.54, 1.807) is 23.1 Å². The van der Waals surface area contributed by atoms with Gasteiger partial charge in [0.25, 0.3) is 0 Å². The van der Waals surface area contributed by atoms with E-state index in [0.717, 1.165) is 29.4 Å². The Labute approximate surface area is 244 Å². The first-order chi connectivity index (χ1) is 20.0. The Kier molecular flexibility index (Phi) is 8.02. The second kappa shape index (κ2) is 11.7. The molecule has 1 saturated heterocycles. The third kappa shape index (κ3) is 6.15. The zero-order valence-corrected chi connectivity index (χ0v) is 24.9. The Morgan fingerprint density at radius 3 is 2.71 bits per heavy atom. The molecule has 12 nitrogen and oxygen atoms in total. The molecule has 1 atom stereocenters. The summed E-state index contributed by atoms with van der Waals surface area (Å²) < 4.78 is 14.9. The number of anilines is 1. The average molecular weight is 573 g/mol. The fraction of sp³-hybridized carbons (Fsp3) is 0.467. The van der Waals surface area contributed by atoms with E-state index in [1.807, 2.05) is 52.0 Å². The largest absolute Gasteiger partial charge is 0.456 e. The molecule has 3 aromatic heterocycles. The minimum absolute atomic E-state index is 0.0382. The van der Waals surface area contributed by atoms with Crippen molar-refractivity contribution in [3.05, 3.63) is 46.1 Å². The molecule has 220 valence electrons. The number of nitrogens with one attached hydrogen (secondary N) is 1. The van der Waals surface area contributed by atoms with Crippen molar-refractivity contribution in [1.82, 2.24) is 34.4 Å². The highest BCUT2D eigenvalue weighted by atomic mass is 16.6. The van der Waals surface area contributed by atoms with Crippen molar-refractivity contribution in [3.8, 4) is 17.9 Å². The van der Waals surface area contributed by atoms with Crippen LogP contribution in [0.25, 0.3) is 22.1 Å². The van der Waals surface area contributed by atoms with Gasteiger partial charge in [0.2, 0.25) is 5.95 Å². The summed E-state index contributed by atoms with van der Waals surface area (Å²) in [7, 11) is 1.76. The lowest BCUT2D eigenvalue weighted by molar-refractivity contribution is 0.0499. The van der Waals surface area contributed by atoms with Crippen molar-refractivity contribution in [2.75, 3.05) is 18.0 Å². The van der Waals surface area contributed by atoms with Gasteiger partial charge in [0, 0.05) is 37.3 Å². The number of hydrogen-bond acceptors (Lipinski definition) is 9. The van der Waals surface area contributed by atoms with Crippen LogP contribution in [0.5, 0.6) is 6.01 Å². The number of amides is 1. The predicted molar refractivity (Wildman–Crippen MR) is 159 cm³/mol. The van der Waals surface area contributed by atoms with Crippen LogP contribution >= 0.6 is 0 Å². The third-order valence-corrected chi connectivity index (χ3v) is 6.94. The van der Waals surface area contributed by atoms with Crippen molar-refractivity contribution in [2.24, 2.45) is 7.05 Å². The Balaban J connectivity index is 1.44. The molecule has 4 heterocycles. The Morgan fingerprint density at radius 2 is 1.95 bits per heavy atom. The smallest absolute Gasteiger partial charge is 0.407 e. The topological polar surface area (TPSA) is 129 Å². The summed E-state index contributed by atoms with van der Waals surface area (Å²) in [5.41, 5.74) is 1.38. The minimum atomic E-state index is -0.587. The molecule has 42 heavy (non-hydrogen) atoms. The van der Waals surface area contributed by atoms with Gasteiger partial charge in [0.1, 0.15) is 5.60 Å². The number of benzene rings is 1. The van der Waals surface area contributed by atoms with E-state index in [9.17, 15) is 9.59 Å². The summed E-state index contributed by atoms with van der Waals surface area (Å²) in [5, 5.41) is 3.95. The number of aromatic nitrogens is 6. The number of aryl methyl sites for hydroxylation is 2. The summed E-state index contributed by atoms with van der Waals surface area (Å²) in [5.74, 6) is 7.03. The fourth-order valence-corrected chi connectivity index (χ4v) is 5.10. The molecular weight excluding hydrogens is 536 g/mol. The van der Waals surface area contributed by atoms with Crippen LogP contribution in [0, 0.1) is 18.8 Å². The lowest BCUT2D eigenvalue weighted by Gasteiger charge is -2.34.